The molecule has 0 saturated heterocycles. The van der Waals surface area contributed by atoms with Gasteiger partial charge in [-0.1, -0.05) is 100 Å². The summed E-state index contributed by atoms with van der Waals surface area (Å²) in [4.78, 5) is 11.7. The van der Waals surface area contributed by atoms with Crippen LogP contribution in [-0.4, -0.2) is 12.5 Å². The molecule has 2 aromatic rings. The van der Waals surface area contributed by atoms with E-state index in [4.69, 9.17) is 5.73 Å². The van der Waals surface area contributed by atoms with Crippen molar-refractivity contribution < 1.29 is 4.79 Å². The van der Waals surface area contributed by atoms with Gasteiger partial charge in [-0.15, -0.1) is 0 Å². The summed E-state index contributed by atoms with van der Waals surface area (Å²) in [5.74, 6) is -0.0951. The Hall–Kier alpha value is -2.13. The van der Waals surface area contributed by atoms with Crippen molar-refractivity contribution in [3.63, 3.8) is 0 Å². The van der Waals surface area contributed by atoms with Gasteiger partial charge in [0.2, 0.25) is 5.91 Å². The second-order valence-electron chi connectivity index (χ2n) is 5.04. The molecule has 0 radical (unpaired) electrons. The van der Waals surface area contributed by atoms with Gasteiger partial charge in [0.05, 0.1) is 0 Å². The molecular weight excluding hydrogens is 296 g/mol. The van der Waals surface area contributed by atoms with Crippen LogP contribution in [0.15, 0.2) is 66.7 Å². The summed E-state index contributed by atoms with van der Waals surface area (Å²) < 4.78 is 0. The Bertz CT molecular complexity index is 473. The van der Waals surface area contributed by atoms with E-state index in [0.717, 1.165) is 24.8 Å². The van der Waals surface area contributed by atoms with Crippen molar-refractivity contribution >= 4 is 5.91 Å². The van der Waals surface area contributed by atoms with E-state index in [2.05, 4.69) is 12.2 Å². The monoisotopic (exact) mass is 328 g/mol. The van der Waals surface area contributed by atoms with E-state index in [1.165, 1.54) is 0 Å². The van der Waals surface area contributed by atoms with Crippen LogP contribution in [0.4, 0.5) is 0 Å². The molecule has 0 aliphatic carbocycles. The molecule has 0 fully saturated rings. The van der Waals surface area contributed by atoms with E-state index in [-0.39, 0.29) is 5.91 Å². The van der Waals surface area contributed by atoms with E-state index in [1.54, 1.807) is 0 Å². The largest absolute Gasteiger partial charge is 0.354 e. The average molecular weight is 329 g/mol. The summed E-state index contributed by atoms with van der Waals surface area (Å²) in [5.41, 5.74) is 6.70. The second kappa shape index (κ2) is 15.8. The third kappa shape index (κ3) is 10.6. The quantitative estimate of drug-likeness (QED) is 0.755. The molecule has 2 rings (SSSR count). The lowest BCUT2D eigenvalue weighted by molar-refractivity contribution is -0.122. The van der Waals surface area contributed by atoms with Crippen LogP contribution in [-0.2, 0) is 4.79 Å². The molecule has 3 heteroatoms. The Kier molecular flexibility index (Phi) is 14.4. The van der Waals surface area contributed by atoms with Gasteiger partial charge in [-0.25, -0.2) is 0 Å². The van der Waals surface area contributed by atoms with Crippen LogP contribution in [0.3, 0.4) is 0 Å². The first-order chi connectivity index (χ1) is 11.8. The number of hydrogen-bond donors (Lipinski definition) is 2. The normalized spacial score (nSPS) is 10.3. The molecule has 0 saturated carbocycles. The van der Waals surface area contributed by atoms with Crippen molar-refractivity contribution in [1.29, 1.82) is 0 Å². The fourth-order valence-electron chi connectivity index (χ4n) is 1.89. The highest BCUT2D eigenvalue weighted by molar-refractivity contribution is 5.82. The number of rotatable bonds is 6. The van der Waals surface area contributed by atoms with Gasteiger partial charge < -0.3 is 11.1 Å². The smallest absolute Gasteiger partial charge is 0.241 e. The minimum absolute atomic E-state index is 0.0951. The highest BCUT2D eigenvalue weighted by atomic mass is 16.2. The Morgan fingerprint density at radius 1 is 0.917 bits per heavy atom. The molecule has 0 unspecified atom stereocenters. The van der Waals surface area contributed by atoms with Crippen molar-refractivity contribution in [3.8, 4) is 0 Å². The molecule has 1 atom stereocenters. The molecule has 132 valence electrons. The lowest BCUT2D eigenvalue weighted by Crippen LogP contribution is -2.34. The average Bonchev–Trinajstić information content (AvgIpc) is 2.68. The third-order valence-corrected chi connectivity index (χ3v) is 3.19. The summed E-state index contributed by atoms with van der Waals surface area (Å²) in [5, 5.41) is 2.85. The van der Waals surface area contributed by atoms with E-state index in [1.807, 2.05) is 80.6 Å². The predicted molar refractivity (Wildman–Crippen MR) is 104 cm³/mol. The van der Waals surface area contributed by atoms with Gasteiger partial charge in [0.15, 0.2) is 0 Å². The SMILES string of the molecule is CC.CCCCCNC(=O)[C@@H](N)c1ccccc1.c1ccccc1. The van der Waals surface area contributed by atoms with Crippen molar-refractivity contribution in [2.45, 2.75) is 46.1 Å². The maximum absolute atomic E-state index is 11.7. The number of carbonyl (C=O) groups excluding carboxylic acids is 1. The first-order valence-electron chi connectivity index (χ1n) is 8.84. The third-order valence-electron chi connectivity index (χ3n) is 3.19. The maximum atomic E-state index is 11.7. The lowest BCUT2D eigenvalue weighted by Gasteiger charge is -2.12. The van der Waals surface area contributed by atoms with Gasteiger partial charge in [0, 0.05) is 6.54 Å². The molecule has 2 aromatic carbocycles. The molecule has 3 N–H and O–H groups in total. The van der Waals surface area contributed by atoms with Crippen LogP contribution in [0.1, 0.15) is 51.6 Å². The number of benzene rings is 2. The molecule has 0 heterocycles. The fourth-order valence-corrected chi connectivity index (χ4v) is 1.89. The van der Waals surface area contributed by atoms with Gasteiger partial charge >= 0.3 is 0 Å². The van der Waals surface area contributed by atoms with Crippen molar-refractivity contribution in [2.24, 2.45) is 5.73 Å². The number of nitrogens with one attached hydrogen (secondary N) is 1. The highest BCUT2D eigenvalue weighted by Crippen LogP contribution is 2.09. The number of unbranched alkanes of at least 4 members (excludes halogenated alkanes) is 2. The number of hydrogen-bond acceptors (Lipinski definition) is 2. The van der Waals surface area contributed by atoms with Crippen molar-refractivity contribution in [1.82, 2.24) is 5.32 Å². The van der Waals surface area contributed by atoms with Gasteiger partial charge in [-0.05, 0) is 12.0 Å². The van der Waals surface area contributed by atoms with Crippen molar-refractivity contribution in [2.75, 3.05) is 6.54 Å². The van der Waals surface area contributed by atoms with E-state index >= 15 is 0 Å². The molecule has 0 aliphatic heterocycles. The molecule has 24 heavy (non-hydrogen) atoms. The van der Waals surface area contributed by atoms with Crippen molar-refractivity contribution in [3.05, 3.63) is 72.3 Å². The minimum atomic E-state index is -0.553. The molecule has 0 bridgehead atoms. The fraction of sp³-hybridized carbons (Fsp3) is 0.381. The zero-order chi connectivity index (χ0) is 18.0. The van der Waals surface area contributed by atoms with E-state index in [9.17, 15) is 4.79 Å². The topological polar surface area (TPSA) is 55.1 Å². The maximum Gasteiger partial charge on any atom is 0.241 e. The van der Waals surface area contributed by atoms with Crippen LogP contribution in [0.2, 0.25) is 0 Å². The Labute approximate surface area is 147 Å². The van der Waals surface area contributed by atoms with Gasteiger partial charge in [-0.3, -0.25) is 4.79 Å². The zero-order valence-electron chi connectivity index (χ0n) is 15.2. The van der Waals surface area contributed by atoms with Gasteiger partial charge in [0.1, 0.15) is 6.04 Å². The molecule has 1 amide bonds. The minimum Gasteiger partial charge on any atom is -0.354 e. The molecule has 0 spiro atoms. The number of nitrogens with two attached hydrogens (primary N) is 1. The van der Waals surface area contributed by atoms with Crippen LogP contribution in [0.25, 0.3) is 0 Å². The Morgan fingerprint density at radius 2 is 1.38 bits per heavy atom. The van der Waals surface area contributed by atoms with E-state index in [0.29, 0.717) is 6.54 Å². The van der Waals surface area contributed by atoms with Gasteiger partial charge in [0.25, 0.3) is 0 Å². The van der Waals surface area contributed by atoms with Gasteiger partial charge in [-0.2, -0.15) is 0 Å². The Morgan fingerprint density at radius 3 is 1.83 bits per heavy atom. The predicted octanol–water partition coefficient (Wildman–Crippen LogP) is 4.71. The Balaban J connectivity index is 0.000000547. The lowest BCUT2D eigenvalue weighted by atomic mass is 10.1. The summed E-state index contributed by atoms with van der Waals surface area (Å²) in [7, 11) is 0. The zero-order valence-corrected chi connectivity index (χ0v) is 15.2. The van der Waals surface area contributed by atoms with Crippen LogP contribution in [0, 0.1) is 0 Å². The highest BCUT2D eigenvalue weighted by Gasteiger charge is 2.13. The summed E-state index contributed by atoms with van der Waals surface area (Å²) in [6, 6.07) is 20.9. The molecule has 0 aromatic heterocycles. The second-order valence-corrected chi connectivity index (χ2v) is 5.04. The molecule has 3 nitrogen and oxygen atoms in total. The van der Waals surface area contributed by atoms with Crippen LogP contribution in [0.5, 0.6) is 0 Å². The summed E-state index contributed by atoms with van der Waals surface area (Å²) >= 11 is 0. The molecular formula is C21H32N2O. The van der Waals surface area contributed by atoms with E-state index < -0.39 is 6.04 Å². The van der Waals surface area contributed by atoms with Crippen LogP contribution >= 0.6 is 0 Å². The van der Waals surface area contributed by atoms with Crippen LogP contribution < -0.4 is 11.1 Å². The first-order valence-corrected chi connectivity index (χ1v) is 8.84. The number of amides is 1. The summed E-state index contributed by atoms with van der Waals surface area (Å²) in [6.45, 7) is 6.85. The number of carbonyl (C=O) groups is 1. The molecule has 0 aliphatic rings. The summed E-state index contributed by atoms with van der Waals surface area (Å²) in [6.07, 6.45) is 3.31. The first kappa shape index (κ1) is 21.9. The standard InChI is InChI=1S/C13H20N2O.C6H6.C2H6/c1-2-3-7-10-15-13(16)12(14)11-8-5-4-6-9-11;1-2-4-6-5-3-1;1-2/h4-6,8-9,12H,2-3,7,10,14H2,1H3,(H,15,16);1-6H;1-2H3/t12-;;/m0../s1.